The van der Waals surface area contributed by atoms with Gasteiger partial charge in [-0.1, -0.05) is 29.3 Å². The molecule has 1 N–H and O–H groups in total. The van der Waals surface area contributed by atoms with Crippen molar-refractivity contribution in [2.24, 2.45) is 0 Å². The fraction of sp³-hybridized carbons (Fsp3) is 0.278. The van der Waals surface area contributed by atoms with E-state index in [-0.39, 0.29) is 12.7 Å². The van der Waals surface area contributed by atoms with Crippen molar-refractivity contribution in [1.82, 2.24) is 0 Å². The molecule has 0 spiro atoms. The first kappa shape index (κ1) is 17.3. The van der Waals surface area contributed by atoms with Crippen molar-refractivity contribution >= 4 is 40.5 Å². The number of ether oxygens (including phenoxy) is 3. The van der Waals surface area contributed by atoms with Crippen LogP contribution in [0, 0.1) is 0 Å². The summed E-state index contributed by atoms with van der Waals surface area (Å²) in [5.41, 5.74) is 1.81. The fourth-order valence-electron chi connectivity index (χ4n) is 3.02. The molecule has 8 heteroatoms. The third kappa shape index (κ3) is 3.28. The van der Waals surface area contributed by atoms with Gasteiger partial charge in [-0.05, 0) is 24.3 Å². The molecule has 4 rings (SSSR count). The van der Waals surface area contributed by atoms with Crippen molar-refractivity contribution in [3.8, 4) is 11.5 Å². The number of nitrogens with one attached hydrogen (secondary N) is 1. The van der Waals surface area contributed by atoms with Gasteiger partial charge in [0.05, 0.1) is 34.6 Å². The van der Waals surface area contributed by atoms with Crippen LogP contribution in [-0.2, 0) is 4.74 Å². The zero-order chi connectivity index (χ0) is 18.1. The maximum atomic E-state index is 12.8. The number of morpholine rings is 1. The van der Waals surface area contributed by atoms with E-state index in [1.807, 2.05) is 6.07 Å². The second kappa shape index (κ2) is 7.23. The first-order valence-electron chi connectivity index (χ1n) is 8.15. The highest BCUT2D eigenvalue weighted by atomic mass is 35.5. The molecule has 0 radical (unpaired) electrons. The van der Waals surface area contributed by atoms with Gasteiger partial charge in [-0.3, -0.25) is 4.79 Å². The maximum absolute atomic E-state index is 12.8. The van der Waals surface area contributed by atoms with Crippen molar-refractivity contribution in [3.05, 3.63) is 45.9 Å². The van der Waals surface area contributed by atoms with E-state index in [2.05, 4.69) is 10.2 Å². The SMILES string of the molecule is O=C(Nc1cccc(Cl)c1N1CCOCC1)c1cc(Cl)c2c(c1)OCO2. The van der Waals surface area contributed by atoms with Crippen LogP contribution in [0.5, 0.6) is 11.5 Å². The molecular weight excluding hydrogens is 379 g/mol. The summed E-state index contributed by atoms with van der Waals surface area (Å²) in [6.45, 7) is 2.76. The summed E-state index contributed by atoms with van der Waals surface area (Å²) in [5, 5.41) is 3.84. The highest BCUT2D eigenvalue weighted by Crippen LogP contribution is 2.40. The molecular formula is C18H16Cl2N2O4. The topological polar surface area (TPSA) is 60.0 Å². The summed E-state index contributed by atoms with van der Waals surface area (Å²) in [6, 6.07) is 8.60. The Hall–Kier alpha value is -2.15. The van der Waals surface area contributed by atoms with Crippen LogP contribution in [0.2, 0.25) is 10.0 Å². The third-order valence-electron chi connectivity index (χ3n) is 4.25. The van der Waals surface area contributed by atoms with E-state index in [1.54, 1.807) is 24.3 Å². The Morgan fingerprint density at radius 1 is 1.08 bits per heavy atom. The smallest absolute Gasteiger partial charge is 0.255 e. The highest BCUT2D eigenvalue weighted by Gasteiger charge is 2.23. The second-order valence-electron chi connectivity index (χ2n) is 5.88. The molecule has 0 unspecified atom stereocenters. The van der Waals surface area contributed by atoms with Gasteiger partial charge < -0.3 is 24.4 Å². The molecule has 2 aliphatic rings. The predicted molar refractivity (Wildman–Crippen MR) is 100 cm³/mol. The van der Waals surface area contributed by atoms with Crippen LogP contribution in [-0.4, -0.2) is 39.0 Å². The fourth-order valence-corrected chi connectivity index (χ4v) is 3.58. The number of carbonyl (C=O) groups is 1. The Morgan fingerprint density at radius 2 is 1.88 bits per heavy atom. The van der Waals surface area contributed by atoms with Crippen LogP contribution >= 0.6 is 23.2 Å². The number of hydrogen-bond acceptors (Lipinski definition) is 5. The monoisotopic (exact) mass is 394 g/mol. The molecule has 2 aromatic rings. The normalized spacial score (nSPS) is 15.8. The number of benzene rings is 2. The van der Waals surface area contributed by atoms with E-state index in [4.69, 9.17) is 37.4 Å². The molecule has 6 nitrogen and oxygen atoms in total. The van der Waals surface area contributed by atoms with E-state index in [0.717, 1.165) is 5.69 Å². The Kier molecular flexibility index (Phi) is 4.80. The van der Waals surface area contributed by atoms with Crippen molar-refractivity contribution in [2.45, 2.75) is 0 Å². The average Bonchev–Trinajstić information content (AvgIpc) is 3.12. The lowest BCUT2D eigenvalue weighted by molar-refractivity contribution is 0.102. The van der Waals surface area contributed by atoms with Crippen LogP contribution in [0.1, 0.15) is 10.4 Å². The van der Waals surface area contributed by atoms with E-state index in [9.17, 15) is 4.79 Å². The molecule has 0 bridgehead atoms. The van der Waals surface area contributed by atoms with E-state index >= 15 is 0 Å². The number of fused-ring (bicyclic) bond motifs is 1. The zero-order valence-corrected chi connectivity index (χ0v) is 15.3. The van der Waals surface area contributed by atoms with Gasteiger partial charge in [-0.15, -0.1) is 0 Å². The van der Waals surface area contributed by atoms with Crippen LogP contribution < -0.4 is 19.7 Å². The quantitative estimate of drug-likeness (QED) is 0.857. The van der Waals surface area contributed by atoms with Crippen LogP contribution in [0.3, 0.4) is 0 Å². The third-order valence-corrected chi connectivity index (χ3v) is 4.84. The second-order valence-corrected chi connectivity index (χ2v) is 6.70. The van der Waals surface area contributed by atoms with E-state index < -0.39 is 0 Å². The Labute approximate surface area is 160 Å². The lowest BCUT2D eigenvalue weighted by Crippen LogP contribution is -2.37. The number of anilines is 2. The summed E-state index contributed by atoms with van der Waals surface area (Å²) in [5.74, 6) is 0.615. The number of para-hydroxylation sites is 1. The minimum atomic E-state index is -0.304. The summed E-state index contributed by atoms with van der Waals surface area (Å²) in [6.07, 6.45) is 0. The molecule has 2 heterocycles. The van der Waals surface area contributed by atoms with Crippen molar-refractivity contribution in [3.63, 3.8) is 0 Å². The standard InChI is InChI=1S/C18H16Cl2N2O4/c19-12-2-1-3-14(16(12)22-4-6-24-7-5-22)21-18(23)11-8-13(20)17-15(9-11)25-10-26-17/h1-3,8-9H,4-7,10H2,(H,21,23). The average molecular weight is 395 g/mol. The molecule has 1 fully saturated rings. The molecule has 2 aliphatic heterocycles. The first-order chi connectivity index (χ1) is 12.6. The molecule has 1 saturated heterocycles. The number of hydrogen-bond donors (Lipinski definition) is 1. The predicted octanol–water partition coefficient (Wildman–Crippen LogP) is 3.81. The molecule has 1 amide bonds. The minimum Gasteiger partial charge on any atom is -0.454 e. The molecule has 0 aromatic heterocycles. The minimum absolute atomic E-state index is 0.0929. The Balaban J connectivity index is 1.62. The number of halogens is 2. The highest BCUT2D eigenvalue weighted by molar-refractivity contribution is 6.34. The molecule has 0 atom stereocenters. The van der Waals surface area contributed by atoms with Gasteiger partial charge in [0, 0.05) is 18.7 Å². The van der Waals surface area contributed by atoms with Crippen LogP contribution in [0.15, 0.2) is 30.3 Å². The van der Waals surface area contributed by atoms with Gasteiger partial charge in [0.15, 0.2) is 11.5 Å². The molecule has 0 saturated carbocycles. The number of nitrogens with zero attached hydrogens (tertiary/aromatic N) is 1. The van der Waals surface area contributed by atoms with Gasteiger partial charge in [0.1, 0.15) is 0 Å². The largest absolute Gasteiger partial charge is 0.454 e. The number of rotatable bonds is 3. The lowest BCUT2D eigenvalue weighted by atomic mass is 10.1. The molecule has 2 aromatic carbocycles. The van der Waals surface area contributed by atoms with Crippen molar-refractivity contribution in [2.75, 3.05) is 43.3 Å². The van der Waals surface area contributed by atoms with Crippen LogP contribution in [0.25, 0.3) is 0 Å². The summed E-state index contributed by atoms with van der Waals surface area (Å²) in [4.78, 5) is 14.9. The van der Waals surface area contributed by atoms with Gasteiger partial charge in [-0.2, -0.15) is 0 Å². The van der Waals surface area contributed by atoms with Crippen molar-refractivity contribution < 1.29 is 19.0 Å². The zero-order valence-electron chi connectivity index (χ0n) is 13.8. The van der Waals surface area contributed by atoms with Crippen LogP contribution in [0.4, 0.5) is 11.4 Å². The van der Waals surface area contributed by atoms with Gasteiger partial charge in [-0.25, -0.2) is 0 Å². The maximum Gasteiger partial charge on any atom is 0.255 e. The molecule has 136 valence electrons. The number of amides is 1. The number of carbonyl (C=O) groups excluding carboxylic acids is 1. The van der Waals surface area contributed by atoms with E-state index in [0.29, 0.717) is 59.1 Å². The Bertz CT molecular complexity index is 853. The van der Waals surface area contributed by atoms with Gasteiger partial charge >= 0.3 is 0 Å². The summed E-state index contributed by atoms with van der Waals surface area (Å²) < 4.78 is 16.0. The van der Waals surface area contributed by atoms with Gasteiger partial charge in [0.2, 0.25) is 6.79 Å². The first-order valence-corrected chi connectivity index (χ1v) is 8.91. The Morgan fingerprint density at radius 3 is 2.69 bits per heavy atom. The lowest BCUT2D eigenvalue weighted by Gasteiger charge is -2.31. The molecule has 26 heavy (non-hydrogen) atoms. The summed E-state index contributed by atoms with van der Waals surface area (Å²) in [7, 11) is 0. The molecule has 0 aliphatic carbocycles. The van der Waals surface area contributed by atoms with Gasteiger partial charge in [0.25, 0.3) is 5.91 Å². The van der Waals surface area contributed by atoms with E-state index in [1.165, 1.54) is 0 Å². The van der Waals surface area contributed by atoms with Crippen molar-refractivity contribution in [1.29, 1.82) is 0 Å². The summed E-state index contributed by atoms with van der Waals surface area (Å²) >= 11 is 12.6.